The number of nitrogens with two attached hydrogens (primary N) is 1. The number of amides is 1. The second kappa shape index (κ2) is 4.82. The maximum atomic E-state index is 11.5. The molecule has 0 aromatic rings. The minimum atomic E-state index is -1.10. The smallest absolute Gasteiger partial charge is 0.329 e. The van der Waals surface area contributed by atoms with Crippen LogP contribution in [0.5, 0.6) is 0 Å². The molecule has 1 amide bonds. The highest BCUT2D eigenvalue weighted by Crippen LogP contribution is 2.32. The summed E-state index contributed by atoms with van der Waals surface area (Å²) in [6.45, 7) is 3.65. The lowest BCUT2D eigenvalue weighted by atomic mass is 9.77. The van der Waals surface area contributed by atoms with Gasteiger partial charge < -0.3 is 16.2 Å². The molecule has 1 saturated carbocycles. The van der Waals surface area contributed by atoms with Crippen molar-refractivity contribution in [2.75, 3.05) is 0 Å². The SMILES string of the molecule is CC1CCC(NC(=O)C(C)N)(C(=O)O)CC1. The summed E-state index contributed by atoms with van der Waals surface area (Å²) in [6.07, 6.45) is 2.63. The minimum absolute atomic E-state index is 0.392. The molecular formula is C11H20N2O3. The number of hydrogen-bond donors (Lipinski definition) is 3. The van der Waals surface area contributed by atoms with Crippen molar-refractivity contribution >= 4 is 11.9 Å². The van der Waals surface area contributed by atoms with Gasteiger partial charge in [-0.15, -0.1) is 0 Å². The average Bonchev–Trinajstić information content (AvgIpc) is 2.21. The Kier molecular flexibility index (Phi) is 3.91. The molecule has 16 heavy (non-hydrogen) atoms. The summed E-state index contributed by atoms with van der Waals surface area (Å²) in [5.74, 6) is -0.815. The number of rotatable bonds is 3. The zero-order chi connectivity index (χ0) is 12.3. The van der Waals surface area contributed by atoms with Crippen LogP contribution in [0.3, 0.4) is 0 Å². The molecule has 1 rings (SSSR count). The summed E-state index contributed by atoms with van der Waals surface area (Å²) >= 11 is 0. The number of carboxylic acid groups (broad SMARTS) is 1. The Morgan fingerprint density at radius 1 is 1.44 bits per heavy atom. The van der Waals surface area contributed by atoms with Crippen LogP contribution in [0.4, 0.5) is 0 Å². The van der Waals surface area contributed by atoms with E-state index in [1.807, 2.05) is 0 Å². The summed E-state index contributed by atoms with van der Waals surface area (Å²) in [5.41, 5.74) is 4.33. The number of carboxylic acids is 1. The largest absolute Gasteiger partial charge is 0.480 e. The minimum Gasteiger partial charge on any atom is -0.480 e. The lowest BCUT2D eigenvalue weighted by Gasteiger charge is -2.36. The summed E-state index contributed by atoms with van der Waals surface area (Å²) in [7, 11) is 0. The fraction of sp³-hybridized carbons (Fsp3) is 0.818. The molecule has 0 bridgehead atoms. The van der Waals surface area contributed by atoms with Crippen molar-refractivity contribution in [1.29, 1.82) is 0 Å². The molecule has 1 atom stereocenters. The van der Waals surface area contributed by atoms with Crippen LogP contribution in [0.1, 0.15) is 39.5 Å². The van der Waals surface area contributed by atoms with Gasteiger partial charge in [0.05, 0.1) is 6.04 Å². The first-order valence-corrected chi connectivity index (χ1v) is 5.68. The highest BCUT2D eigenvalue weighted by Gasteiger charge is 2.42. The van der Waals surface area contributed by atoms with Crippen molar-refractivity contribution in [3.05, 3.63) is 0 Å². The van der Waals surface area contributed by atoms with Gasteiger partial charge in [-0.1, -0.05) is 6.92 Å². The van der Waals surface area contributed by atoms with Crippen LogP contribution >= 0.6 is 0 Å². The van der Waals surface area contributed by atoms with E-state index in [-0.39, 0.29) is 0 Å². The van der Waals surface area contributed by atoms with Gasteiger partial charge in [0.25, 0.3) is 0 Å². The molecule has 0 saturated heterocycles. The molecule has 0 aromatic heterocycles. The molecule has 5 nitrogen and oxygen atoms in total. The van der Waals surface area contributed by atoms with E-state index in [1.54, 1.807) is 6.92 Å². The molecule has 0 radical (unpaired) electrons. The third-order valence-electron chi connectivity index (χ3n) is 3.31. The van der Waals surface area contributed by atoms with Gasteiger partial charge in [-0.05, 0) is 38.5 Å². The Labute approximate surface area is 95.4 Å². The maximum Gasteiger partial charge on any atom is 0.329 e. The van der Waals surface area contributed by atoms with E-state index in [1.165, 1.54) is 0 Å². The number of carbonyl (C=O) groups is 2. The van der Waals surface area contributed by atoms with Crippen LogP contribution in [0.15, 0.2) is 0 Å². The Morgan fingerprint density at radius 3 is 2.31 bits per heavy atom. The standard InChI is InChI=1S/C11H20N2O3/c1-7-3-5-11(6-4-7,10(15)16)13-9(14)8(2)12/h7-8H,3-6,12H2,1-2H3,(H,13,14)(H,15,16). The van der Waals surface area contributed by atoms with Crippen molar-refractivity contribution < 1.29 is 14.7 Å². The van der Waals surface area contributed by atoms with Crippen LogP contribution in [0, 0.1) is 5.92 Å². The van der Waals surface area contributed by atoms with Crippen molar-refractivity contribution in [2.24, 2.45) is 11.7 Å². The topological polar surface area (TPSA) is 92.4 Å². The monoisotopic (exact) mass is 228 g/mol. The van der Waals surface area contributed by atoms with E-state index in [4.69, 9.17) is 5.73 Å². The quantitative estimate of drug-likeness (QED) is 0.655. The molecule has 0 aromatic carbocycles. The Balaban J connectivity index is 2.74. The zero-order valence-electron chi connectivity index (χ0n) is 9.82. The van der Waals surface area contributed by atoms with E-state index < -0.39 is 23.5 Å². The van der Waals surface area contributed by atoms with Gasteiger partial charge in [0.15, 0.2) is 0 Å². The Morgan fingerprint density at radius 2 is 1.94 bits per heavy atom. The highest BCUT2D eigenvalue weighted by atomic mass is 16.4. The van der Waals surface area contributed by atoms with Gasteiger partial charge in [-0.3, -0.25) is 4.79 Å². The third-order valence-corrected chi connectivity index (χ3v) is 3.31. The molecule has 5 heteroatoms. The molecule has 1 aliphatic carbocycles. The fourth-order valence-electron chi connectivity index (χ4n) is 2.00. The predicted molar refractivity (Wildman–Crippen MR) is 59.8 cm³/mol. The first kappa shape index (κ1) is 13.0. The second-order valence-corrected chi connectivity index (χ2v) is 4.85. The number of carbonyl (C=O) groups excluding carboxylic acids is 1. The molecule has 0 heterocycles. The van der Waals surface area contributed by atoms with Gasteiger partial charge >= 0.3 is 5.97 Å². The molecule has 0 aliphatic heterocycles. The molecule has 1 aliphatic rings. The molecule has 1 unspecified atom stereocenters. The van der Waals surface area contributed by atoms with Gasteiger partial charge in [0.2, 0.25) is 5.91 Å². The molecule has 1 fully saturated rings. The van der Waals surface area contributed by atoms with Crippen molar-refractivity contribution in [3.8, 4) is 0 Å². The van der Waals surface area contributed by atoms with Gasteiger partial charge in [-0.25, -0.2) is 4.79 Å². The number of hydrogen-bond acceptors (Lipinski definition) is 3. The first-order chi connectivity index (χ1) is 7.37. The highest BCUT2D eigenvalue weighted by molar-refractivity contribution is 5.89. The summed E-state index contributed by atoms with van der Waals surface area (Å²) in [5, 5.41) is 11.8. The van der Waals surface area contributed by atoms with E-state index >= 15 is 0 Å². The summed E-state index contributed by atoms with van der Waals surface area (Å²) in [4.78, 5) is 22.8. The van der Waals surface area contributed by atoms with E-state index in [9.17, 15) is 14.7 Å². The van der Waals surface area contributed by atoms with Crippen LogP contribution in [-0.2, 0) is 9.59 Å². The summed E-state index contributed by atoms with van der Waals surface area (Å²) in [6, 6.07) is -0.671. The van der Waals surface area contributed by atoms with Crippen LogP contribution < -0.4 is 11.1 Å². The zero-order valence-corrected chi connectivity index (χ0v) is 9.82. The first-order valence-electron chi connectivity index (χ1n) is 5.68. The predicted octanol–water partition coefficient (Wildman–Crippen LogP) is 0.483. The van der Waals surface area contributed by atoms with Crippen molar-refractivity contribution in [2.45, 2.75) is 51.1 Å². The van der Waals surface area contributed by atoms with Gasteiger partial charge in [-0.2, -0.15) is 0 Å². The Bertz CT molecular complexity index is 281. The Hall–Kier alpha value is -1.10. The molecule has 92 valence electrons. The lowest BCUT2D eigenvalue weighted by Crippen LogP contribution is -2.59. The molecule has 4 N–H and O–H groups in total. The van der Waals surface area contributed by atoms with E-state index in [0.29, 0.717) is 18.8 Å². The van der Waals surface area contributed by atoms with Gasteiger partial charge in [0, 0.05) is 0 Å². The number of nitrogens with one attached hydrogen (secondary N) is 1. The molecule has 0 spiro atoms. The second-order valence-electron chi connectivity index (χ2n) is 4.85. The third kappa shape index (κ3) is 2.72. The van der Waals surface area contributed by atoms with Crippen LogP contribution in [-0.4, -0.2) is 28.6 Å². The normalized spacial score (nSPS) is 31.8. The van der Waals surface area contributed by atoms with Crippen LogP contribution in [0.25, 0.3) is 0 Å². The van der Waals surface area contributed by atoms with E-state index in [2.05, 4.69) is 12.2 Å². The fourth-order valence-corrected chi connectivity index (χ4v) is 2.00. The number of aliphatic carboxylic acids is 1. The maximum absolute atomic E-state index is 11.5. The molecular weight excluding hydrogens is 208 g/mol. The average molecular weight is 228 g/mol. The van der Waals surface area contributed by atoms with E-state index in [0.717, 1.165) is 12.8 Å². The van der Waals surface area contributed by atoms with Crippen molar-refractivity contribution in [3.63, 3.8) is 0 Å². The van der Waals surface area contributed by atoms with Crippen molar-refractivity contribution in [1.82, 2.24) is 5.32 Å². The summed E-state index contributed by atoms with van der Waals surface area (Å²) < 4.78 is 0. The van der Waals surface area contributed by atoms with Gasteiger partial charge in [0.1, 0.15) is 5.54 Å². The lowest BCUT2D eigenvalue weighted by molar-refractivity contribution is -0.149. The van der Waals surface area contributed by atoms with Crippen LogP contribution in [0.2, 0.25) is 0 Å².